The minimum atomic E-state index is 0.564. The third-order valence-corrected chi connectivity index (χ3v) is 3.79. The molecule has 3 heterocycles. The van der Waals surface area contributed by atoms with Crippen LogP contribution < -0.4 is 0 Å². The fraction of sp³-hybridized carbons (Fsp3) is 0. The van der Waals surface area contributed by atoms with E-state index in [1.165, 1.54) is 4.88 Å². The second-order valence-corrected chi connectivity index (χ2v) is 5.40. The molecular weight excluding hydrogens is 280 g/mol. The van der Waals surface area contributed by atoms with Gasteiger partial charge < -0.3 is 0 Å². The number of thiophene rings is 1. The highest BCUT2D eigenvalue weighted by molar-refractivity contribution is 7.10. The van der Waals surface area contributed by atoms with Crippen molar-refractivity contribution >= 4 is 29.8 Å². The Bertz CT molecular complexity index is 744. The summed E-state index contributed by atoms with van der Waals surface area (Å²) in [6, 6.07) is 11.6. The molecule has 21 heavy (non-hydrogen) atoms. The second kappa shape index (κ2) is 6.24. The van der Waals surface area contributed by atoms with Crippen LogP contribution in [0.25, 0.3) is 23.5 Å². The Hall–Kier alpha value is -2.59. The van der Waals surface area contributed by atoms with Gasteiger partial charge in [-0.05, 0) is 41.3 Å². The lowest BCUT2D eigenvalue weighted by Crippen LogP contribution is -1.89. The third-order valence-electron chi connectivity index (χ3n) is 2.95. The number of carbonyl (C=O) groups excluding carboxylic acids is 1. The molecule has 3 nitrogen and oxygen atoms in total. The molecule has 3 aromatic heterocycles. The highest BCUT2D eigenvalue weighted by Gasteiger charge is 2.00. The van der Waals surface area contributed by atoms with Gasteiger partial charge in [-0.3, -0.25) is 14.8 Å². The van der Waals surface area contributed by atoms with Crippen molar-refractivity contribution in [3.63, 3.8) is 0 Å². The molecule has 0 aromatic carbocycles. The zero-order valence-corrected chi connectivity index (χ0v) is 12.0. The van der Waals surface area contributed by atoms with E-state index in [0.717, 1.165) is 23.2 Å². The van der Waals surface area contributed by atoms with Crippen molar-refractivity contribution in [3.8, 4) is 11.4 Å². The molecule has 3 rings (SSSR count). The highest BCUT2D eigenvalue weighted by atomic mass is 32.1. The average Bonchev–Trinajstić information content (AvgIpc) is 3.07. The molecule has 0 unspecified atom stereocenters. The van der Waals surface area contributed by atoms with Gasteiger partial charge in [0.25, 0.3) is 0 Å². The maximum absolute atomic E-state index is 10.6. The van der Waals surface area contributed by atoms with Crippen molar-refractivity contribution in [1.29, 1.82) is 0 Å². The van der Waals surface area contributed by atoms with Crippen LogP contribution in [0.15, 0.2) is 54.2 Å². The van der Waals surface area contributed by atoms with E-state index in [4.69, 9.17) is 0 Å². The number of aromatic nitrogens is 2. The summed E-state index contributed by atoms with van der Waals surface area (Å²) in [5.41, 5.74) is 3.15. The van der Waals surface area contributed by atoms with Gasteiger partial charge in [0.15, 0.2) is 6.29 Å². The topological polar surface area (TPSA) is 42.9 Å². The van der Waals surface area contributed by atoms with E-state index in [0.29, 0.717) is 5.56 Å². The minimum Gasteiger partial charge on any atom is -0.298 e. The first-order chi connectivity index (χ1) is 10.3. The Balaban J connectivity index is 1.78. The summed E-state index contributed by atoms with van der Waals surface area (Å²) in [7, 11) is 0. The minimum absolute atomic E-state index is 0.564. The van der Waals surface area contributed by atoms with Crippen molar-refractivity contribution in [1.82, 2.24) is 9.97 Å². The molecular formula is C17H12N2OS. The Morgan fingerprint density at radius 1 is 0.857 bits per heavy atom. The number of pyridine rings is 2. The summed E-state index contributed by atoms with van der Waals surface area (Å²) in [5, 5.41) is 2.05. The van der Waals surface area contributed by atoms with Crippen LogP contribution in [-0.2, 0) is 0 Å². The number of carbonyl (C=O) groups is 1. The van der Waals surface area contributed by atoms with Gasteiger partial charge in [-0.2, -0.15) is 0 Å². The van der Waals surface area contributed by atoms with Crippen LogP contribution in [0.1, 0.15) is 20.8 Å². The van der Waals surface area contributed by atoms with Gasteiger partial charge in [0, 0.05) is 22.8 Å². The van der Waals surface area contributed by atoms with Crippen molar-refractivity contribution in [2.24, 2.45) is 0 Å². The zero-order chi connectivity index (χ0) is 14.5. The predicted octanol–water partition coefficient (Wildman–Crippen LogP) is 4.19. The molecule has 0 N–H and O–H groups in total. The van der Waals surface area contributed by atoms with E-state index in [-0.39, 0.29) is 0 Å². The normalized spacial score (nSPS) is 10.9. The second-order valence-electron chi connectivity index (χ2n) is 4.42. The van der Waals surface area contributed by atoms with Crippen molar-refractivity contribution in [3.05, 3.63) is 70.2 Å². The predicted molar refractivity (Wildman–Crippen MR) is 86.1 cm³/mol. The molecule has 0 saturated heterocycles. The maximum Gasteiger partial charge on any atom is 0.151 e. The van der Waals surface area contributed by atoms with Crippen molar-refractivity contribution in [2.45, 2.75) is 0 Å². The quantitative estimate of drug-likeness (QED) is 0.677. The third kappa shape index (κ3) is 3.30. The van der Waals surface area contributed by atoms with Crippen LogP contribution in [0.4, 0.5) is 0 Å². The fourth-order valence-corrected chi connectivity index (χ4v) is 2.46. The summed E-state index contributed by atoms with van der Waals surface area (Å²) in [4.78, 5) is 20.5. The van der Waals surface area contributed by atoms with Gasteiger partial charge in [-0.1, -0.05) is 18.2 Å². The molecule has 4 heteroatoms. The van der Waals surface area contributed by atoms with Crippen LogP contribution in [0.5, 0.6) is 0 Å². The molecule has 0 fully saturated rings. The van der Waals surface area contributed by atoms with Gasteiger partial charge in [-0.15, -0.1) is 11.3 Å². The smallest absolute Gasteiger partial charge is 0.151 e. The molecule has 0 radical (unpaired) electrons. The summed E-state index contributed by atoms with van der Waals surface area (Å²) in [5.74, 6) is 0. The van der Waals surface area contributed by atoms with Gasteiger partial charge in [0.2, 0.25) is 0 Å². The van der Waals surface area contributed by atoms with Gasteiger partial charge in [0.1, 0.15) is 0 Å². The SMILES string of the molecule is O=Cc1ccc(-c2ccc(/C=C/c3cccs3)cn2)nc1. The van der Waals surface area contributed by atoms with Crippen LogP contribution in [0.3, 0.4) is 0 Å². The summed E-state index contributed by atoms with van der Waals surface area (Å²) < 4.78 is 0. The first-order valence-electron chi connectivity index (χ1n) is 6.44. The number of nitrogens with zero attached hydrogens (tertiary/aromatic N) is 2. The standard InChI is InChI=1S/C17H12N2OS/c20-12-14-5-8-17(19-11-14)16-7-4-13(10-18-16)3-6-15-2-1-9-21-15/h1-12H/b6-3+. The zero-order valence-electron chi connectivity index (χ0n) is 11.1. The number of aldehydes is 1. The molecule has 0 aliphatic rings. The molecule has 0 spiro atoms. The molecule has 0 atom stereocenters. The maximum atomic E-state index is 10.6. The molecule has 0 bridgehead atoms. The van der Waals surface area contributed by atoms with Crippen LogP contribution in [0, 0.1) is 0 Å². The lowest BCUT2D eigenvalue weighted by atomic mass is 10.2. The Labute approximate surface area is 126 Å². The molecule has 0 amide bonds. The average molecular weight is 292 g/mol. The van der Waals surface area contributed by atoms with E-state index >= 15 is 0 Å². The number of hydrogen-bond acceptors (Lipinski definition) is 4. The lowest BCUT2D eigenvalue weighted by molar-refractivity contribution is 0.112. The van der Waals surface area contributed by atoms with Crippen LogP contribution >= 0.6 is 11.3 Å². The summed E-state index contributed by atoms with van der Waals surface area (Å²) >= 11 is 1.70. The Morgan fingerprint density at radius 2 is 1.57 bits per heavy atom. The van der Waals surface area contributed by atoms with E-state index in [1.807, 2.05) is 30.5 Å². The van der Waals surface area contributed by atoms with Gasteiger partial charge >= 0.3 is 0 Å². The largest absolute Gasteiger partial charge is 0.298 e. The first kappa shape index (κ1) is 13.4. The number of rotatable bonds is 4. The molecule has 3 aromatic rings. The van der Waals surface area contributed by atoms with E-state index in [9.17, 15) is 4.79 Å². The summed E-state index contributed by atoms with van der Waals surface area (Å²) in [6.07, 6.45) is 8.25. The first-order valence-corrected chi connectivity index (χ1v) is 7.32. The Morgan fingerprint density at radius 3 is 2.10 bits per heavy atom. The van der Waals surface area contributed by atoms with Crippen LogP contribution in [0.2, 0.25) is 0 Å². The van der Waals surface area contributed by atoms with Crippen molar-refractivity contribution in [2.75, 3.05) is 0 Å². The highest BCUT2D eigenvalue weighted by Crippen LogP contribution is 2.17. The Kier molecular flexibility index (Phi) is 3.98. The van der Waals surface area contributed by atoms with Crippen molar-refractivity contribution < 1.29 is 4.79 Å². The van der Waals surface area contributed by atoms with E-state index < -0.39 is 0 Å². The van der Waals surface area contributed by atoms with Crippen LogP contribution in [-0.4, -0.2) is 16.3 Å². The van der Waals surface area contributed by atoms with E-state index in [2.05, 4.69) is 27.5 Å². The molecule has 0 aliphatic carbocycles. The van der Waals surface area contributed by atoms with E-state index in [1.54, 1.807) is 29.7 Å². The molecule has 0 saturated carbocycles. The molecule has 0 aliphatic heterocycles. The monoisotopic (exact) mass is 292 g/mol. The fourth-order valence-electron chi connectivity index (χ4n) is 1.85. The van der Waals surface area contributed by atoms with Gasteiger partial charge in [0.05, 0.1) is 11.4 Å². The number of hydrogen-bond donors (Lipinski definition) is 0. The summed E-state index contributed by atoms with van der Waals surface area (Å²) in [6.45, 7) is 0. The molecule has 102 valence electrons. The lowest BCUT2D eigenvalue weighted by Gasteiger charge is -2.00. The van der Waals surface area contributed by atoms with Gasteiger partial charge in [-0.25, -0.2) is 0 Å².